The Bertz CT molecular complexity index is 762. The summed E-state index contributed by atoms with van der Waals surface area (Å²) in [6.45, 7) is 4.08. The Kier molecular flexibility index (Phi) is 4.10. The Morgan fingerprint density at radius 1 is 1.00 bits per heavy atom. The van der Waals surface area contributed by atoms with Crippen LogP contribution in [0.2, 0.25) is 0 Å². The third-order valence-electron chi connectivity index (χ3n) is 6.28. The number of imide groups is 1. The predicted octanol–water partition coefficient (Wildman–Crippen LogP) is 3.68. The predicted molar refractivity (Wildman–Crippen MR) is 98.2 cm³/mol. The van der Waals surface area contributed by atoms with Gasteiger partial charge in [-0.25, -0.2) is 4.90 Å². The summed E-state index contributed by atoms with van der Waals surface area (Å²) in [5.41, 5.74) is 2.78. The van der Waals surface area contributed by atoms with Crippen LogP contribution in [0.4, 0.5) is 5.69 Å². The second-order valence-corrected chi connectivity index (χ2v) is 8.37. The highest BCUT2D eigenvalue weighted by Gasteiger charge is 2.61. The van der Waals surface area contributed by atoms with E-state index in [1.165, 1.54) is 4.90 Å². The van der Waals surface area contributed by atoms with Crippen molar-refractivity contribution in [1.29, 1.82) is 0 Å². The van der Waals surface area contributed by atoms with Crippen molar-refractivity contribution in [3.63, 3.8) is 0 Å². The molecular formula is C20H22BrNO3. The zero-order valence-corrected chi connectivity index (χ0v) is 16.1. The second kappa shape index (κ2) is 6.04. The van der Waals surface area contributed by atoms with Gasteiger partial charge in [-0.2, -0.15) is 0 Å². The van der Waals surface area contributed by atoms with Gasteiger partial charge in [0.05, 0.1) is 17.5 Å². The van der Waals surface area contributed by atoms with E-state index in [4.69, 9.17) is 0 Å². The van der Waals surface area contributed by atoms with Crippen LogP contribution in [0.5, 0.6) is 0 Å². The molecule has 0 N–H and O–H groups in total. The van der Waals surface area contributed by atoms with Crippen LogP contribution in [-0.2, 0) is 27.2 Å². The number of halogens is 1. The van der Waals surface area contributed by atoms with Crippen molar-refractivity contribution in [1.82, 2.24) is 0 Å². The number of benzene rings is 1. The summed E-state index contributed by atoms with van der Waals surface area (Å²) in [6, 6.07) is 3.99. The van der Waals surface area contributed by atoms with Crippen LogP contribution < -0.4 is 4.90 Å². The second-order valence-electron chi connectivity index (χ2n) is 7.46. The molecule has 4 nitrogen and oxygen atoms in total. The number of anilines is 1. The van der Waals surface area contributed by atoms with Gasteiger partial charge >= 0.3 is 0 Å². The van der Waals surface area contributed by atoms with Crippen LogP contribution in [0.25, 0.3) is 0 Å². The number of Topliss-reactive ketones (excluding diaryl/α,β-unsaturated/α-hetero) is 1. The first kappa shape index (κ1) is 17.0. The molecular weight excluding hydrogens is 382 g/mol. The molecule has 4 atom stereocenters. The molecule has 25 heavy (non-hydrogen) atoms. The van der Waals surface area contributed by atoms with Gasteiger partial charge in [-0.15, -0.1) is 0 Å². The average molecular weight is 404 g/mol. The van der Waals surface area contributed by atoms with Gasteiger partial charge in [-0.1, -0.05) is 29.8 Å². The van der Waals surface area contributed by atoms with Crippen LogP contribution >= 0.6 is 15.9 Å². The SMILES string of the molecule is CCc1cc(Br)cc(CC)c1N1C(=O)C2C3CCC(C(=O)C3)C2C1=O. The fraction of sp³-hybridized carbons (Fsp3) is 0.550. The van der Waals surface area contributed by atoms with Gasteiger partial charge in [0.25, 0.3) is 0 Å². The molecule has 1 heterocycles. The minimum Gasteiger partial charge on any atom is -0.299 e. The van der Waals surface area contributed by atoms with E-state index < -0.39 is 5.92 Å². The minimum atomic E-state index is -0.425. The van der Waals surface area contributed by atoms with Crippen LogP contribution in [-0.4, -0.2) is 17.6 Å². The third kappa shape index (κ3) is 2.35. The molecule has 1 aromatic rings. The molecule has 0 radical (unpaired) electrons. The van der Waals surface area contributed by atoms with Gasteiger partial charge in [-0.3, -0.25) is 14.4 Å². The summed E-state index contributed by atoms with van der Waals surface area (Å²) in [5.74, 6) is -0.958. The molecule has 4 fully saturated rings. The molecule has 3 saturated carbocycles. The van der Waals surface area contributed by atoms with Gasteiger partial charge < -0.3 is 0 Å². The maximum atomic E-state index is 13.3. The highest BCUT2D eigenvalue weighted by atomic mass is 79.9. The van der Waals surface area contributed by atoms with E-state index in [-0.39, 0.29) is 35.4 Å². The van der Waals surface area contributed by atoms with Gasteiger partial charge in [-0.05, 0) is 54.9 Å². The fourth-order valence-corrected chi connectivity index (χ4v) is 5.70. The standard InChI is InChI=1S/C20H22BrNO3/c1-3-10-7-13(21)8-11(4-2)18(10)22-19(24)16-12-5-6-14(15(23)9-12)17(16)20(22)25/h7-8,12,14,16-17H,3-6,9H2,1-2H3. The molecule has 2 bridgehead atoms. The number of hydrogen-bond donors (Lipinski definition) is 0. The number of ketones is 1. The lowest BCUT2D eigenvalue weighted by atomic mass is 9.59. The highest BCUT2D eigenvalue weighted by Crippen LogP contribution is 2.52. The van der Waals surface area contributed by atoms with Crippen LogP contribution in [0.3, 0.4) is 0 Å². The van der Waals surface area contributed by atoms with Crippen LogP contribution in [0.1, 0.15) is 44.2 Å². The van der Waals surface area contributed by atoms with E-state index >= 15 is 0 Å². The number of rotatable bonds is 3. The van der Waals surface area contributed by atoms with Crippen molar-refractivity contribution < 1.29 is 14.4 Å². The number of carbonyl (C=O) groups is 3. The van der Waals surface area contributed by atoms with Crippen molar-refractivity contribution in [2.75, 3.05) is 4.90 Å². The van der Waals surface area contributed by atoms with E-state index in [2.05, 4.69) is 15.9 Å². The molecule has 0 spiro atoms. The highest BCUT2D eigenvalue weighted by molar-refractivity contribution is 9.10. The topological polar surface area (TPSA) is 54.5 Å². The summed E-state index contributed by atoms with van der Waals surface area (Å²) in [7, 11) is 0. The van der Waals surface area contributed by atoms with Crippen molar-refractivity contribution in [3.05, 3.63) is 27.7 Å². The molecule has 1 aromatic carbocycles. The molecule has 2 amide bonds. The smallest absolute Gasteiger partial charge is 0.238 e. The molecule has 1 aliphatic heterocycles. The van der Waals surface area contributed by atoms with E-state index in [9.17, 15) is 14.4 Å². The molecule has 4 unspecified atom stereocenters. The quantitative estimate of drug-likeness (QED) is 0.723. The molecule has 132 valence electrons. The zero-order valence-electron chi connectivity index (χ0n) is 14.5. The molecule has 0 aromatic heterocycles. The number of aryl methyl sites for hydroxylation is 2. The number of fused-ring (bicyclic) bond motifs is 2. The number of hydrogen-bond acceptors (Lipinski definition) is 3. The Balaban J connectivity index is 1.84. The summed E-state index contributed by atoms with van der Waals surface area (Å²) in [6.07, 6.45) is 3.63. The number of amides is 2. The fourth-order valence-electron chi connectivity index (χ4n) is 5.15. The zero-order chi connectivity index (χ0) is 17.9. The van der Waals surface area contributed by atoms with E-state index in [0.717, 1.165) is 47.0 Å². The normalized spacial score (nSPS) is 31.0. The first-order chi connectivity index (χ1) is 12.0. The van der Waals surface area contributed by atoms with Crippen molar-refractivity contribution >= 4 is 39.2 Å². The summed E-state index contributed by atoms with van der Waals surface area (Å²) >= 11 is 3.53. The van der Waals surface area contributed by atoms with E-state index in [1.807, 2.05) is 26.0 Å². The molecule has 5 heteroatoms. The van der Waals surface area contributed by atoms with Gasteiger partial charge in [0.15, 0.2) is 0 Å². The molecule has 3 aliphatic carbocycles. The molecule has 1 saturated heterocycles. The minimum absolute atomic E-state index is 0.0505. The van der Waals surface area contributed by atoms with E-state index in [0.29, 0.717) is 6.42 Å². The molecule has 5 rings (SSSR count). The molecule has 4 aliphatic rings. The Morgan fingerprint density at radius 3 is 2.16 bits per heavy atom. The van der Waals surface area contributed by atoms with Gasteiger partial charge in [0.2, 0.25) is 11.8 Å². The number of carbonyl (C=O) groups excluding carboxylic acids is 3. The van der Waals surface area contributed by atoms with Gasteiger partial charge in [0, 0.05) is 16.8 Å². The van der Waals surface area contributed by atoms with Gasteiger partial charge in [0.1, 0.15) is 5.78 Å². The third-order valence-corrected chi connectivity index (χ3v) is 6.74. The Hall–Kier alpha value is -1.49. The maximum absolute atomic E-state index is 13.3. The summed E-state index contributed by atoms with van der Waals surface area (Å²) in [5, 5.41) is 0. The lowest BCUT2D eigenvalue weighted by Gasteiger charge is -2.41. The van der Waals surface area contributed by atoms with Crippen LogP contribution in [0, 0.1) is 23.7 Å². The van der Waals surface area contributed by atoms with Crippen molar-refractivity contribution in [2.45, 2.75) is 46.0 Å². The lowest BCUT2D eigenvalue weighted by molar-refractivity contribution is -0.143. The average Bonchev–Trinajstić information content (AvgIpc) is 2.87. The number of nitrogens with zero attached hydrogens (tertiary/aromatic N) is 1. The monoisotopic (exact) mass is 403 g/mol. The van der Waals surface area contributed by atoms with E-state index in [1.54, 1.807) is 0 Å². The Morgan fingerprint density at radius 2 is 1.60 bits per heavy atom. The van der Waals surface area contributed by atoms with Crippen molar-refractivity contribution in [3.8, 4) is 0 Å². The van der Waals surface area contributed by atoms with Crippen LogP contribution in [0.15, 0.2) is 16.6 Å². The maximum Gasteiger partial charge on any atom is 0.238 e. The first-order valence-electron chi connectivity index (χ1n) is 9.19. The lowest BCUT2D eigenvalue weighted by Crippen LogP contribution is -2.46. The first-order valence-corrected chi connectivity index (χ1v) is 9.99. The summed E-state index contributed by atoms with van der Waals surface area (Å²) in [4.78, 5) is 40.2. The summed E-state index contributed by atoms with van der Waals surface area (Å²) < 4.78 is 0.969. The Labute approximate surface area is 156 Å². The van der Waals surface area contributed by atoms with Crippen molar-refractivity contribution in [2.24, 2.45) is 23.7 Å². The largest absolute Gasteiger partial charge is 0.299 e.